The van der Waals surface area contributed by atoms with Crippen molar-refractivity contribution in [3.8, 4) is 5.75 Å². The van der Waals surface area contributed by atoms with Crippen molar-refractivity contribution in [2.24, 2.45) is 0 Å². The zero-order valence-corrected chi connectivity index (χ0v) is 11.2. The van der Waals surface area contributed by atoms with Gasteiger partial charge in [-0.25, -0.2) is 12.8 Å². The zero-order valence-electron chi connectivity index (χ0n) is 10.3. The molecule has 1 aromatic rings. The number of halogens is 1. The van der Waals surface area contributed by atoms with Crippen LogP contribution in [0.15, 0.2) is 18.2 Å². The summed E-state index contributed by atoms with van der Waals surface area (Å²) in [7, 11) is -3.14. The van der Waals surface area contributed by atoms with E-state index in [0.717, 1.165) is 12.1 Å². The average Bonchev–Trinajstić information content (AvgIpc) is 2.26. The molecule has 1 N–H and O–H groups in total. The monoisotopic (exact) mass is 287 g/mol. The van der Waals surface area contributed by atoms with Gasteiger partial charge >= 0.3 is 0 Å². The van der Waals surface area contributed by atoms with E-state index >= 15 is 0 Å². The quantitative estimate of drug-likeness (QED) is 0.892. The van der Waals surface area contributed by atoms with E-state index in [4.69, 9.17) is 0 Å². The number of rotatable bonds is 3. The van der Waals surface area contributed by atoms with E-state index in [1.54, 1.807) is 6.92 Å². The SMILES string of the molecule is CCS(=O)(=O)C1CN(C(=O)c2ccc(F)cc2O)C1. The summed E-state index contributed by atoms with van der Waals surface area (Å²) in [5.41, 5.74) is -0.0197. The van der Waals surface area contributed by atoms with Crippen molar-refractivity contribution in [3.05, 3.63) is 29.6 Å². The summed E-state index contributed by atoms with van der Waals surface area (Å²) in [4.78, 5) is 13.3. The van der Waals surface area contributed by atoms with Gasteiger partial charge in [-0.2, -0.15) is 0 Å². The maximum absolute atomic E-state index is 12.8. The molecule has 1 saturated heterocycles. The van der Waals surface area contributed by atoms with E-state index in [9.17, 15) is 22.7 Å². The Bertz CT molecular complexity index is 608. The van der Waals surface area contributed by atoms with Crippen molar-refractivity contribution in [2.45, 2.75) is 12.2 Å². The van der Waals surface area contributed by atoms with E-state index in [0.29, 0.717) is 0 Å². The molecule has 0 unspecified atom stereocenters. The first kappa shape index (κ1) is 13.8. The van der Waals surface area contributed by atoms with Gasteiger partial charge in [0.1, 0.15) is 11.6 Å². The maximum Gasteiger partial charge on any atom is 0.257 e. The normalized spacial score (nSPS) is 16.2. The summed E-state index contributed by atoms with van der Waals surface area (Å²) < 4.78 is 35.9. The lowest BCUT2D eigenvalue weighted by Crippen LogP contribution is -2.57. The number of carbonyl (C=O) groups is 1. The molecule has 19 heavy (non-hydrogen) atoms. The second-order valence-corrected chi connectivity index (χ2v) is 7.01. The van der Waals surface area contributed by atoms with Crippen LogP contribution >= 0.6 is 0 Å². The largest absolute Gasteiger partial charge is 0.507 e. The highest BCUT2D eigenvalue weighted by Gasteiger charge is 2.39. The molecule has 1 aromatic carbocycles. The van der Waals surface area contributed by atoms with Crippen LogP contribution in [0.25, 0.3) is 0 Å². The first-order valence-electron chi connectivity index (χ1n) is 5.84. The van der Waals surface area contributed by atoms with Crippen molar-refractivity contribution in [3.63, 3.8) is 0 Å². The lowest BCUT2D eigenvalue weighted by Gasteiger charge is -2.38. The predicted molar refractivity (Wildman–Crippen MR) is 67.2 cm³/mol. The van der Waals surface area contributed by atoms with Crippen molar-refractivity contribution >= 4 is 15.7 Å². The molecule has 0 bridgehead atoms. The molecule has 0 aromatic heterocycles. The zero-order chi connectivity index (χ0) is 14.2. The number of hydrogen-bond acceptors (Lipinski definition) is 4. The van der Waals surface area contributed by atoms with Crippen molar-refractivity contribution in [1.29, 1.82) is 0 Å². The molecule has 1 heterocycles. The van der Waals surface area contributed by atoms with Crippen LogP contribution in [0.4, 0.5) is 4.39 Å². The maximum atomic E-state index is 12.8. The summed E-state index contributed by atoms with van der Waals surface area (Å²) in [5.74, 6) is -1.52. The van der Waals surface area contributed by atoms with Crippen LogP contribution in [0.5, 0.6) is 5.75 Å². The number of likely N-dealkylation sites (tertiary alicyclic amines) is 1. The van der Waals surface area contributed by atoms with Gasteiger partial charge in [0, 0.05) is 24.9 Å². The number of carbonyl (C=O) groups excluding carboxylic acids is 1. The number of aromatic hydroxyl groups is 1. The van der Waals surface area contributed by atoms with Gasteiger partial charge < -0.3 is 10.0 Å². The molecule has 0 radical (unpaired) electrons. The molecular formula is C12H14FNO4S. The van der Waals surface area contributed by atoms with Gasteiger partial charge in [0.05, 0.1) is 10.8 Å². The molecule has 0 aliphatic carbocycles. The van der Waals surface area contributed by atoms with Gasteiger partial charge in [0.15, 0.2) is 9.84 Å². The Kier molecular flexibility index (Phi) is 3.49. The molecular weight excluding hydrogens is 273 g/mol. The third-order valence-electron chi connectivity index (χ3n) is 3.24. The summed E-state index contributed by atoms with van der Waals surface area (Å²) in [6.45, 7) is 1.79. The summed E-state index contributed by atoms with van der Waals surface area (Å²) in [5, 5.41) is 8.96. The first-order chi connectivity index (χ1) is 8.85. The lowest BCUT2D eigenvalue weighted by atomic mass is 10.1. The third kappa shape index (κ3) is 2.56. The fourth-order valence-electron chi connectivity index (χ4n) is 1.92. The molecule has 1 fully saturated rings. The standard InChI is InChI=1S/C12H14FNO4S/c1-2-19(17,18)9-6-14(7-9)12(16)10-4-3-8(13)5-11(10)15/h3-5,9,15H,2,6-7H2,1H3. The van der Waals surface area contributed by atoms with Crippen LogP contribution < -0.4 is 0 Å². The second kappa shape index (κ2) is 4.80. The van der Waals surface area contributed by atoms with E-state index in [1.807, 2.05) is 0 Å². The molecule has 1 aliphatic heterocycles. The highest BCUT2D eigenvalue weighted by atomic mass is 32.2. The van der Waals surface area contributed by atoms with Crippen LogP contribution in [0.3, 0.4) is 0 Å². The average molecular weight is 287 g/mol. The predicted octanol–water partition coefficient (Wildman–Crippen LogP) is 0.790. The number of phenolic OH excluding ortho intramolecular Hbond substituents is 1. The van der Waals surface area contributed by atoms with Gasteiger partial charge in [-0.3, -0.25) is 4.79 Å². The Morgan fingerprint density at radius 2 is 2.11 bits per heavy atom. The third-order valence-corrected chi connectivity index (χ3v) is 5.35. The molecule has 0 saturated carbocycles. The Labute approximate surface area is 110 Å². The fraction of sp³-hybridized carbons (Fsp3) is 0.417. The highest BCUT2D eigenvalue weighted by molar-refractivity contribution is 7.92. The number of phenols is 1. The second-order valence-electron chi connectivity index (χ2n) is 4.45. The molecule has 104 valence electrons. The molecule has 5 nitrogen and oxygen atoms in total. The van der Waals surface area contributed by atoms with Gasteiger partial charge in [0.2, 0.25) is 0 Å². The highest BCUT2D eigenvalue weighted by Crippen LogP contribution is 2.24. The first-order valence-corrected chi connectivity index (χ1v) is 7.56. The number of sulfone groups is 1. The minimum atomic E-state index is -3.14. The van der Waals surface area contributed by atoms with Crippen LogP contribution in [-0.4, -0.2) is 48.4 Å². The molecule has 1 aliphatic rings. The molecule has 1 amide bonds. The molecule has 0 spiro atoms. The molecule has 7 heteroatoms. The van der Waals surface area contributed by atoms with Gasteiger partial charge in [-0.15, -0.1) is 0 Å². The topological polar surface area (TPSA) is 74.7 Å². The number of hydrogen-bond donors (Lipinski definition) is 1. The van der Waals surface area contributed by atoms with Gasteiger partial charge in [-0.1, -0.05) is 6.92 Å². The summed E-state index contributed by atoms with van der Waals surface area (Å²) in [6, 6.07) is 3.12. The Morgan fingerprint density at radius 3 is 2.63 bits per heavy atom. The molecule has 0 atom stereocenters. The minimum absolute atomic E-state index is 0.0197. The van der Waals surface area contributed by atoms with Crippen molar-refractivity contribution < 1.29 is 22.7 Å². The van der Waals surface area contributed by atoms with Crippen molar-refractivity contribution in [2.75, 3.05) is 18.8 Å². The van der Waals surface area contributed by atoms with Crippen LogP contribution in [0, 0.1) is 5.82 Å². The van der Waals surface area contributed by atoms with Crippen LogP contribution in [0.1, 0.15) is 17.3 Å². The lowest BCUT2D eigenvalue weighted by molar-refractivity contribution is 0.0656. The number of nitrogens with zero attached hydrogens (tertiary/aromatic N) is 1. The van der Waals surface area contributed by atoms with E-state index in [-0.39, 0.29) is 24.4 Å². The smallest absolute Gasteiger partial charge is 0.257 e. The van der Waals surface area contributed by atoms with Gasteiger partial charge in [0.25, 0.3) is 5.91 Å². The van der Waals surface area contributed by atoms with Gasteiger partial charge in [-0.05, 0) is 12.1 Å². The number of amides is 1. The Morgan fingerprint density at radius 1 is 1.47 bits per heavy atom. The minimum Gasteiger partial charge on any atom is -0.507 e. The van der Waals surface area contributed by atoms with E-state index in [2.05, 4.69) is 0 Å². The Balaban J connectivity index is 2.08. The van der Waals surface area contributed by atoms with E-state index in [1.165, 1.54) is 11.0 Å². The fourth-order valence-corrected chi connectivity index (χ4v) is 3.21. The summed E-state index contributed by atoms with van der Waals surface area (Å²) in [6.07, 6.45) is 0. The van der Waals surface area contributed by atoms with E-state index < -0.39 is 32.6 Å². The molecule has 2 rings (SSSR count). The number of benzene rings is 1. The van der Waals surface area contributed by atoms with Crippen LogP contribution in [0.2, 0.25) is 0 Å². The Hall–Kier alpha value is -1.63. The van der Waals surface area contributed by atoms with Crippen molar-refractivity contribution in [1.82, 2.24) is 4.90 Å². The summed E-state index contributed by atoms with van der Waals surface area (Å²) >= 11 is 0. The van der Waals surface area contributed by atoms with Crippen LogP contribution in [-0.2, 0) is 9.84 Å².